The van der Waals surface area contributed by atoms with Gasteiger partial charge in [-0.15, -0.1) is 0 Å². The molecule has 1 heterocycles. The molecule has 0 unspecified atom stereocenters. The first-order valence-electron chi connectivity index (χ1n) is 11.5. The Balaban J connectivity index is 1.61. The molecule has 5 rings (SSSR count). The van der Waals surface area contributed by atoms with E-state index in [0.717, 1.165) is 50.1 Å². The molecule has 1 aromatic heterocycles. The molecule has 0 bridgehead atoms. The molecule has 7 heteroatoms. The Hall–Kier alpha value is -3.57. The minimum atomic E-state index is -4.25. The first-order chi connectivity index (χ1) is 16.9. The van der Waals surface area contributed by atoms with Crippen LogP contribution in [-0.2, 0) is 4.57 Å². The standard InChI is InChI=1S/C28H26NO5P/c1-3-33-22-11-15-27-25(17-22)26-18-23(34-4-2)12-16-28(26)29(27)21-9-5-19(6-10-21)20-7-13-24(14-8-20)35(30,31)32/h5-18H,3-4H2,1-2H3,(H2,30,31,32). The van der Waals surface area contributed by atoms with Gasteiger partial charge in [0.2, 0.25) is 0 Å². The van der Waals surface area contributed by atoms with Gasteiger partial charge < -0.3 is 23.8 Å². The molecule has 5 aromatic rings. The molecule has 178 valence electrons. The van der Waals surface area contributed by atoms with Crippen molar-refractivity contribution in [3.63, 3.8) is 0 Å². The molecular formula is C28H26NO5P. The Morgan fingerprint density at radius 2 is 1.14 bits per heavy atom. The third kappa shape index (κ3) is 4.44. The number of rotatable bonds is 7. The van der Waals surface area contributed by atoms with Crippen molar-refractivity contribution in [2.45, 2.75) is 13.8 Å². The number of ether oxygens (including phenoxy) is 2. The summed E-state index contributed by atoms with van der Waals surface area (Å²) >= 11 is 0. The Morgan fingerprint density at radius 1 is 0.686 bits per heavy atom. The van der Waals surface area contributed by atoms with Crippen LogP contribution in [0.3, 0.4) is 0 Å². The minimum Gasteiger partial charge on any atom is -0.494 e. The van der Waals surface area contributed by atoms with Gasteiger partial charge in [0.25, 0.3) is 0 Å². The molecule has 0 atom stereocenters. The van der Waals surface area contributed by atoms with Gasteiger partial charge in [-0.05, 0) is 85.6 Å². The lowest BCUT2D eigenvalue weighted by Gasteiger charge is -2.11. The van der Waals surface area contributed by atoms with E-state index in [1.807, 2.05) is 38.1 Å². The van der Waals surface area contributed by atoms with Crippen molar-refractivity contribution in [2.24, 2.45) is 0 Å². The van der Waals surface area contributed by atoms with Crippen LogP contribution in [0.5, 0.6) is 11.5 Å². The first kappa shape index (κ1) is 23.2. The monoisotopic (exact) mass is 487 g/mol. The summed E-state index contributed by atoms with van der Waals surface area (Å²) in [6, 6.07) is 26.8. The van der Waals surface area contributed by atoms with Crippen LogP contribution in [-0.4, -0.2) is 27.6 Å². The second-order valence-corrected chi connectivity index (χ2v) is 9.80. The van der Waals surface area contributed by atoms with E-state index in [9.17, 15) is 14.4 Å². The van der Waals surface area contributed by atoms with Crippen LogP contribution in [0.1, 0.15) is 13.8 Å². The first-order valence-corrected chi connectivity index (χ1v) is 13.1. The SMILES string of the molecule is CCOc1ccc2c(c1)c1cc(OCC)ccc1n2-c1ccc(-c2ccc(P(=O)(O)O)cc2)cc1. The Bertz CT molecular complexity index is 1490. The summed E-state index contributed by atoms with van der Waals surface area (Å²) in [6.07, 6.45) is 0. The van der Waals surface area contributed by atoms with Crippen molar-refractivity contribution in [1.29, 1.82) is 0 Å². The Morgan fingerprint density at radius 3 is 1.57 bits per heavy atom. The summed E-state index contributed by atoms with van der Waals surface area (Å²) in [5.41, 5.74) is 4.99. The van der Waals surface area contributed by atoms with Crippen LogP contribution in [0.25, 0.3) is 38.6 Å². The molecule has 0 fully saturated rings. The highest BCUT2D eigenvalue weighted by Crippen LogP contribution is 2.37. The second kappa shape index (κ2) is 9.23. The van der Waals surface area contributed by atoms with Gasteiger partial charge in [0.1, 0.15) is 11.5 Å². The summed E-state index contributed by atoms with van der Waals surface area (Å²) in [6.45, 7) is 5.15. The average molecular weight is 487 g/mol. The molecule has 0 saturated heterocycles. The third-order valence-electron chi connectivity index (χ3n) is 5.99. The summed E-state index contributed by atoms with van der Waals surface area (Å²) in [5.74, 6) is 1.66. The van der Waals surface area contributed by atoms with Crippen LogP contribution in [0.2, 0.25) is 0 Å². The Kier molecular flexibility index (Phi) is 6.12. The third-order valence-corrected chi connectivity index (χ3v) is 6.96. The van der Waals surface area contributed by atoms with Crippen LogP contribution in [0, 0.1) is 0 Å². The van der Waals surface area contributed by atoms with Gasteiger partial charge in [-0.2, -0.15) is 0 Å². The molecule has 0 aliphatic heterocycles. The van der Waals surface area contributed by atoms with Crippen molar-refractivity contribution in [3.05, 3.63) is 84.9 Å². The molecule has 0 saturated carbocycles. The fourth-order valence-corrected chi connectivity index (χ4v) is 4.96. The lowest BCUT2D eigenvalue weighted by atomic mass is 10.1. The number of aromatic nitrogens is 1. The van der Waals surface area contributed by atoms with E-state index in [1.54, 1.807) is 12.1 Å². The topological polar surface area (TPSA) is 80.9 Å². The number of nitrogens with zero attached hydrogens (tertiary/aromatic N) is 1. The van der Waals surface area contributed by atoms with E-state index in [1.165, 1.54) is 12.1 Å². The minimum absolute atomic E-state index is 0.0148. The fraction of sp³-hybridized carbons (Fsp3) is 0.143. The fourth-order valence-electron chi connectivity index (χ4n) is 4.42. The highest BCUT2D eigenvalue weighted by Gasteiger charge is 2.17. The van der Waals surface area contributed by atoms with E-state index < -0.39 is 7.60 Å². The summed E-state index contributed by atoms with van der Waals surface area (Å²) in [5, 5.41) is 2.19. The zero-order valence-corrected chi connectivity index (χ0v) is 20.4. The number of benzene rings is 4. The van der Waals surface area contributed by atoms with E-state index in [4.69, 9.17) is 9.47 Å². The molecule has 0 radical (unpaired) electrons. The number of fused-ring (bicyclic) bond motifs is 3. The lowest BCUT2D eigenvalue weighted by molar-refractivity contribution is 0.340. The van der Waals surface area contributed by atoms with Gasteiger partial charge in [0.15, 0.2) is 0 Å². The van der Waals surface area contributed by atoms with Gasteiger partial charge in [-0.25, -0.2) is 0 Å². The summed E-state index contributed by atoms with van der Waals surface area (Å²) in [7, 11) is -4.25. The Labute approximate surface area is 203 Å². The molecular weight excluding hydrogens is 461 g/mol. The number of hydrogen-bond acceptors (Lipinski definition) is 3. The highest BCUT2D eigenvalue weighted by atomic mass is 31.2. The van der Waals surface area contributed by atoms with Crippen molar-refractivity contribution in [2.75, 3.05) is 13.2 Å². The molecule has 35 heavy (non-hydrogen) atoms. The second-order valence-electron chi connectivity index (χ2n) is 8.20. The van der Waals surface area contributed by atoms with E-state index in [-0.39, 0.29) is 5.30 Å². The number of hydrogen-bond donors (Lipinski definition) is 2. The van der Waals surface area contributed by atoms with Crippen molar-refractivity contribution < 1.29 is 23.8 Å². The molecule has 0 amide bonds. The maximum atomic E-state index is 11.5. The van der Waals surface area contributed by atoms with Crippen molar-refractivity contribution in [3.8, 4) is 28.3 Å². The largest absolute Gasteiger partial charge is 0.494 e. The zero-order chi connectivity index (χ0) is 24.6. The normalized spacial score (nSPS) is 11.8. The average Bonchev–Trinajstić information content (AvgIpc) is 3.17. The highest BCUT2D eigenvalue weighted by molar-refractivity contribution is 7.60. The van der Waals surface area contributed by atoms with Crippen LogP contribution >= 0.6 is 7.60 Å². The zero-order valence-electron chi connectivity index (χ0n) is 19.5. The van der Waals surface area contributed by atoms with E-state index in [2.05, 4.69) is 41.0 Å². The molecule has 0 spiro atoms. The van der Waals surface area contributed by atoms with Crippen molar-refractivity contribution in [1.82, 2.24) is 4.57 Å². The maximum Gasteiger partial charge on any atom is 0.356 e. The maximum absolute atomic E-state index is 11.5. The lowest BCUT2D eigenvalue weighted by Crippen LogP contribution is -2.02. The van der Waals surface area contributed by atoms with Gasteiger partial charge in [-0.1, -0.05) is 24.3 Å². The van der Waals surface area contributed by atoms with Gasteiger partial charge in [-0.3, -0.25) is 4.57 Å². The molecule has 2 N–H and O–H groups in total. The molecule has 0 aliphatic rings. The van der Waals surface area contributed by atoms with Crippen LogP contribution in [0.15, 0.2) is 84.9 Å². The molecule has 4 aromatic carbocycles. The summed E-state index contributed by atoms with van der Waals surface area (Å²) < 4.78 is 25.2. The van der Waals surface area contributed by atoms with E-state index >= 15 is 0 Å². The van der Waals surface area contributed by atoms with Crippen LogP contribution in [0.4, 0.5) is 0 Å². The predicted octanol–water partition coefficient (Wildman–Crippen LogP) is 6.05. The summed E-state index contributed by atoms with van der Waals surface area (Å²) in [4.78, 5) is 18.7. The van der Waals surface area contributed by atoms with E-state index in [0.29, 0.717) is 13.2 Å². The molecule has 6 nitrogen and oxygen atoms in total. The molecule has 0 aliphatic carbocycles. The van der Waals surface area contributed by atoms with Crippen LogP contribution < -0.4 is 14.8 Å². The predicted molar refractivity (Wildman–Crippen MR) is 140 cm³/mol. The van der Waals surface area contributed by atoms with Gasteiger partial charge >= 0.3 is 7.60 Å². The smallest absolute Gasteiger partial charge is 0.356 e. The van der Waals surface area contributed by atoms with Crippen molar-refractivity contribution >= 4 is 34.7 Å². The van der Waals surface area contributed by atoms with Gasteiger partial charge in [0, 0.05) is 16.5 Å². The quantitative estimate of drug-likeness (QED) is 0.273. The van der Waals surface area contributed by atoms with Gasteiger partial charge in [0.05, 0.1) is 29.6 Å².